The summed E-state index contributed by atoms with van der Waals surface area (Å²) < 4.78 is 29.8. The van der Waals surface area contributed by atoms with E-state index in [2.05, 4.69) is 4.74 Å². The van der Waals surface area contributed by atoms with Crippen LogP contribution in [0.4, 0.5) is 0 Å². The zero-order chi connectivity index (χ0) is 10.4. The molecule has 0 aliphatic rings. The lowest BCUT2D eigenvalue weighted by Gasteiger charge is -1.87. The molecule has 0 rings (SSSR count). The third kappa shape index (κ3) is 88.7. The fourth-order valence-corrected chi connectivity index (χ4v) is 0.202. The van der Waals surface area contributed by atoms with Crippen LogP contribution in [0.5, 0.6) is 0 Å². The summed E-state index contributed by atoms with van der Waals surface area (Å²) in [6.07, 6.45) is 0.715. The van der Waals surface area contributed by atoms with Crippen molar-refractivity contribution in [2.45, 2.75) is 13.8 Å². The zero-order valence-corrected chi connectivity index (χ0v) is 8.94. The normalized spacial score (nSPS) is 8.62. The summed E-state index contributed by atoms with van der Waals surface area (Å²) in [6, 6.07) is 0. The molecule has 1 N–H and O–H groups in total. The van der Waals surface area contributed by atoms with Gasteiger partial charge in [0, 0.05) is 13.8 Å². The number of hydrogen-bond donors (Lipinski definition) is 1. The average molecular weight is 235 g/mol. The second-order valence-electron chi connectivity index (χ2n) is 1.82. The first-order chi connectivity index (χ1) is 5.13. The van der Waals surface area contributed by atoms with Gasteiger partial charge < -0.3 is 4.74 Å². The van der Waals surface area contributed by atoms with Crippen molar-refractivity contribution in [3.63, 3.8) is 0 Å². The molecule has 0 aromatic rings. The first-order valence-corrected chi connectivity index (χ1v) is 4.59. The second kappa shape index (κ2) is 7.96. The molecule has 0 saturated heterocycles. The average Bonchev–Trinajstić information content (AvgIpc) is 1.52. The van der Waals surface area contributed by atoms with Crippen LogP contribution in [0, 0.1) is 0 Å². The lowest BCUT2D eigenvalue weighted by atomic mass is 10.7. The van der Waals surface area contributed by atoms with E-state index < -0.39 is 22.1 Å². The van der Waals surface area contributed by atoms with E-state index in [-0.39, 0.29) is 12.4 Å². The Morgan fingerprint density at radius 3 is 1.31 bits per heavy atom. The Labute approximate surface area is 82.4 Å². The number of ether oxygens (including phenoxy) is 1. The Hall–Kier alpha value is -0.660. The molecule has 0 heterocycles. The fourth-order valence-electron chi connectivity index (χ4n) is 0.202. The molecule has 8 heteroatoms. The molecule has 13 heavy (non-hydrogen) atoms. The van der Waals surface area contributed by atoms with E-state index >= 15 is 0 Å². The molecule has 0 radical (unpaired) electrons. The van der Waals surface area contributed by atoms with Crippen molar-refractivity contribution in [3.05, 3.63) is 0 Å². The Bertz CT molecular complexity index is 236. The first-order valence-electron chi connectivity index (χ1n) is 2.74. The molecule has 0 aliphatic heterocycles. The van der Waals surface area contributed by atoms with Crippen molar-refractivity contribution in [3.8, 4) is 0 Å². The molecule has 0 saturated carbocycles. The summed E-state index contributed by atoms with van der Waals surface area (Å²) in [5.41, 5.74) is 0. The molecule has 80 valence electrons. The molecule has 0 unspecified atom stereocenters. The number of esters is 2. The molecule has 0 aliphatic carbocycles. The minimum atomic E-state index is -3.67. The standard InChI is InChI=1S/C4H6O3.CH4O3S.ClH/c1-3(5)7-4(2)6;1-5(2,3)4;/h1-2H3;1H3,(H,2,3,4);1H. The largest absolute Gasteiger partial charge is 0.394 e. The van der Waals surface area contributed by atoms with Gasteiger partial charge in [0.05, 0.1) is 6.26 Å². The highest BCUT2D eigenvalue weighted by molar-refractivity contribution is 7.85. The summed E-state index contributed by atoms with van der Waals surface area (Å²) >= 11 is 0. The van der Waals surface area contributed by atoms with Crippen molar-refractivity contribution >= 4 is 34.5 Å². The summed E-state index contributed by atoms with van der Waals surface area (Å²) in [4.78, 5) is 19.6. The van der Waals surface area contributed by atoms with E-state index in [1.54, 1.807) is 0 Å². The van der Waals surface area contributed by atoms with Crippen LogP contribution < -0.4 is 0 Å². The van der Waals surface area contributed by atoms with Gasteiger partial charge in [-0.3, -0.25) is 14.1 Å². The lowest BCUT2D eigenvalue weighted by Crippen LogP contribution is -2.03. The van der Waals surface area contributed by atoms with Crippen LogP contribution in [-0.4, -0.2) is 31.2 Å². The van der Waals surface area contributed by atoms with Crippen molar-refractivity contribution in [2.24, 2.45) is 0 Å². The van der Waals surface area contributed by atoms with Gasteiger partial charge in [0.1, 0.15) is 0 Å². The van der Waals surface area contributed by atoms with Crippen LogP contribution in [0.2, 0.25) is 0 Å². The van der Waals surface area contributed by atoms with Crippen LogP contribution >= 0.6 is 12.4 Å². The maximum Gasteiger partial charge on any atom is 0.310 e. The third-order valence-corrected chi connectivity index (χ3v) is 0.287. The number of hydrogen-bond acceptors (Lipinski definition) is 5. The molecule has 6 nitrogen and oxygen atoms in total. The highest BCUT2D eigenvalue weighted by atomic mass is 35.5. The van der Waals surface area contributed by atoms with Crippen LogP contribution in [0.25, 0.3) is 0 Å². The van der Waals surface area contributed by atoms with Crippen LogP contribution in [0.3, 0.4) is 0 Å². The topological polar surface area (TPSA) is 97.7 Å². The highest BCUT2D eigenvalue weighted by Crippen LogP contribution is 1.73. The van der Waals surface area contributed by atoms with Crippen molar-refractivity contribution in [1.82, 2.24) is 0 Å². The van der Waals surface area contributed by atoms with Crippen molar-refractivity contribution in [1.29, 1.82) is 0 Å². The van der Waals surface area contributed by atoms with E-state index in [9.17, 15) is 18.0 Å². The monoisotopic (exact) mass is 234 g/mol. The first kappa shape index (κ1) is 18.2. The third-order valence-electron chi connectivity index (χ3n) is 0.287. The number of carbonyl (C=O) groups excluding carboxylic acids is 2. The van der Waals surface area contributed by atoms with Gasteiger partial charge in [-0.05, 0) is 0 Å². The molecule has 0 atom stereocenters. The Kier molecular flexibility index (Phi) is 11.1. The lowest BCUT2D eigenvalue weighted by molar-refractivity contribution is -0.156. The van der Waals surface area contributed by atoms with Gasteiger partial charge in [-0.25, -0.2) is 0 Å². The molecular weight excluding hydrogens is 224 g/mol. The molecular formula is C5H11ClO6S. The van der Waals surface area contributed by atoms with Gasteiger partial charge in [-0.2, -0.15) is 8.42 Å². The van der Waals surface area contributed by atoms with E-state index in [0.29, 0.717) is 6.26 Å². The maximum atomic E-state index is 9.81. The second-order valence-corrected chi connectivity index (χ2v) is 3.28. The Balaban J connectivity index is -0.000000150. The van der Waals surface area contributed by atoms with Crippen LogP contribution in [-0.2, 0) is 24.4 Å². The number of rotatable bonds is 0. The predicted molar refractivity (Wildman–Crippen MR) is 47.2 cm³/mol. The summed E-state index contributed by atoms with van der Waals surface area (Å²) in [5.74, 6) is -1.12. The Morgan fingerprint density at radius 2 is 1.31 bits per heavy atom. The van der Waals surface area contributed by atoms with Crippen LogP contribution in [0.1, 0.15) is 13.8 Å². The molecule has 0 aromatic carbocycles. The van der Waals surface area contributed by atoms with Crippen LogP contribution in [0.15, 0.2) is 0 Å². The smallest absolute Gasteiger partial charge is 0.310 e. The fraction of sp³-hybridized carbons (Fsp3) is 0.600. The van der Waals surface area contributed by atoms with E-state index in [0.717, 1.165) is 0 Å². The van der Waals surface area contributed by atoms with Gasteiger partial charge in [0.2, 0.25) is 0 Å². The Morgan fingerprint density at radius 1 is 1.15 bits per heavy atom. The summed E-state index contributed by atoms with van der Waals surface area (Å²) in [5, 5.41) is 0. The predicted octanol–water partition coefficient (Wildman–Crippen LogP) is 0.0218. The van der Waals surface area contributed by atoms with Gasteiger partial charge in [0.15, 0.2) is 0 Å². The molecule has 0 spiro atoms. The minimum absolute atomic E-state index is 0. The highest BCUT2D eigenvalue weighted by Gasteiger charge is 1.93. The minimum Gasteiger partial charge on any atom is -0.394 e. The van der Waals surface area contributed by atoms with E-state index in [1.807, 2.05) is 0 Å². The summed E-state index contributed by atoms with van der Waals surface area (Å²) in [6.45, 7) is 2.36. The molecule has 0 bridgehead atoms. The molecule has 0 aromatic heterocycles. The van der Waals surface area contributed by atoms with Crippen molar-refractivity contribution < 1.29 is 27.3 Å². The van der Waals surface area contributed by atoms with Gasteiger partial charge in [-0.1, -0.05) is 0 Å². The van der Waals surface area contributed by atoms with Gasteiger partial charge >= 0.3 is 11.9 Å². The zero-order valence-electron chi connectivity index (χ0n) is 7.30. The SMILES string of the molecule is CC(=O)OC(C)=O.CS(=O)(=O)O.Cl. The van der Waals surface area contributed by atoms with Gasteiger partial charge in [-0.15, -0.1) is 12.4 Å². The molecule has 0 amide bonds. The van der Waals surface area contributed by atoms with Crippen molar-refractivity contribution in [2.75, 3.05) is 6.26 Å². The van der Waals surface area contributed by atoms with Gasteiger partial charge in [0.25, 0.3) is 10.1 Å². The maximum absolute atomic E-state index is 9.81. The van der Waals surface area contributed by atoms with E-state index in [1.165, 1.54) is 13.8 Å². The molecule has 0 fully saturated rings. The number of halogens is 1. The number of carbonyl (C=O) groups is 2. The summed E-state index contributed by atoms with van der Waals surface area (Å²) in [7, 11) is -3.67. The quantitative estimate of drug-likeness (QED) is 0.361. The van der Waals surface area contributed by atoms with E-state index in [4.69, 9.17) is 4.55 Å².